The number of phosphoric acid groups is 1. The monoisotopic (exact) mass is 1180 g/mol. The molecule has 0 saturated heterocycles. The maximum absolute atomic E-state index is 12.8. The van der Waals surface area contributed by atoms with Gasteiger partial charge in [0, 0.05) is 12.8 Å². The van der Waals surface area contributed by atoms with E-state index in [2.05, 4.69) is 38.2 Å². The van der Waals surface area contributed by atoms with Crippen molar-refractivity contribution in [3.8, 4) is 0 Å². The maximum atomic E-state index is 12.8. The Morgan fingerprint density at radius 2 is 0.659 bits per heavy atom. The third-order valence-corrected chi connectivity index (χ3v) is 17.5. The van der Waals surface area contributed by atoms with Gasteiger partial charge in [0.1, 0.15) is 19.8 Å². The van der Waals surface area contributed by atoms with Gasteiger partial charge in [0.05, 0.1) is 27.7 Å². The highest BCUT2D eigenvalue weighted by atomic mass is 31.2. The van der Waals surface area contributed by atoms with Crippen LogP contribution in [0.5, 0.6) is 0 Å². The van der Waals surface area contributed by atoms with Crippen LogP contribution in [-0.2, 0) is 32.7 Å². The first-order valence-electron chi connectivity index (χ1n) is 36.1. The molecule has 0 aromatic rings. The number of hydrogen-bond acceptors (Lipinski definition) is 7. The van der Waals surface area contributed by atoms with Gasteiger partial charge in [0.25, 0.3) is 0 Å². The number of carbonyl (C=O) groups excluding carboxylic acids is 2. The molecule has 0 fully saturated rings. The van der Waals surface area contributed by atoms with Crippen LogP contribution in [0.2, 0.25) is 0 Å². The topological polar surface area (TPSA) is 108 Å². The number of ether oxygens (including phenoxy) is 2. The predicted molar refractivity (Wildman–Crippen MR) is 354 cm³/mol. The molecule has 0 aromatic carbocycles. The number of likely N-dealkylation sites (N-methyl/N-ethyl adjacent to an activating group) is 1. The molecule has 2 unspecified atom stereocenters. The van der Waals surface area contributed by atoms with E-state index in [1.165, 1.54) is 289 Å². The van der Waals surface area contributed by atoms with Crippen LogP contribution in [0.4, 0.5) is 0 Å². The van der Waals surface area contributed by atoms with Crippen molar-refractivity contribution in [2.45, 2.75) is 380 Å². The summed E-state index contributed by atoms with van der Waals surface area (Å²) >= 11 is 0. The molecular formula is C72H141NO8P+. The molecule has 486 valence electrons. The Labute approximate surface area is 510 Å². The van der Waals surface area contributed by atoms with Crippen molar-refractivity contribution in [2.75, 3.05) is 47.5 Å². The summed E-state index contributed by atoms with van der Waals surface area (Å²) in [6.07, 6.45) is 80.4. The van der Waals surface area contributed by atoms with E-state index in [9.17, 15) is 19.0 Å². The summed E-state index contributed by atoms with van der Waals surface area (Å²) < 4.78 is 34.6. The van der Waals surface area contributed by atoms with Crippen LogP contribution in [0, 0.1) is 0 Å². The van der Waals surface area contributed by atoms with Gasteiger partial charge in [-0.25, -0.2) is 4.57 Å². The van der Waals surface area contributed by atoms with E-state index in [-0.39, 0.29) is 25.6 Å². The Hall–Kier alpha value is -1.51. The minimum atomic E-state index is -4.39. The predicted octanol–water partition coefficient (Wildman–Crippen LogP) is 23.3. The SMILES string of the molecule is CCCCC/C=C\C/C=C\CCCCCCCCCC(=O)OC(COC(=O)CCCCCCCCCCCCCCCCCCCCCCCCCCCCCCCCCCCCCCCCCCC)COP(=O)(O)OCC[N+](C)(C)C. The Morgan fingerprint density at radius 1 is 0.378 bits per heavy atom. The molecule has 10 heteroatoms. The minimum absolute atomic E-state index is 0.0324. The van der Waals surface area contributed by atoms with Crippen LogP contribution in [0.3, 0.4) is 0 Å². The molecular weight excluding hydrogens is 1040 g/mol. The van der Waals surface area contributed by atoms with Crippen molar-refractivity contribution >= 4 is 19.8 Å². The molecule has 0 radical (unpaired) electrons. The van der Waals surface area contributed by atoms with Crippen molar-refractivity contribution in [2.24, 2.45) is 0 Å². The minimum Gasteiger partial charge on any atom is -0.462 e. The Balaban J connectivity index is 3.82. The average molecular weight is 1180 g/mol. The fraction of sp³-hybridized carbons (Fsp3) is 0.917. The van der Waals surface area contributed by atoms with Crippen LogP contribution in [0.15, 0.2) is 24.3 Å². The molecule has 0 aliphatic rings. The highest BCUT2D eigenvalue weighted by Gasteiger charge is 2.27. The summed E-state index contributed by atoms with van der Waals surface area (Å²) in [7, 11) is 1.49. The summed E-state index contributed by atoms with van der Waals surface area (Å²) in [5, 5.41) is 0. The molecule has 82 heavy (non-hydrogen) atoms. The second kappa shape index (κ2) is 64.0. The quantitative estimate of drug-likeness (QED) is 0.0211. The molecule has 0 bridgehead atoms. The van der Waals surface area contributed by atoms with Crippen molar-refractivity contribution in [3.63, 3.8) is 0 Å². The highest BCUT2D eigenvalue weighted by Crippen LogP contribution is 2.43. The van der Waals surface area contributed by atoms with E-state index >= 15 is 0 Å². The van der Waals surface area contributed by atoms with Gasteiger partial charge >= 0.3 is 19.8 Å². The zero-order chi connectivity index (χ0) is 59.8. The van der Waals surface area contributed by atoms with Gasteiger partial charge in [-0.15, -0.1) is 0 Å². The second-order valence-electron chi connectivity index (χ2n) is 26.0. The van der Waals surface area contributed by atoms with Crippen LogP contribution in [-0.4, -0.2) is 74.9 Å². The standard InChI is InChI=1S/C72H140NO8P/c1-6-8-10-12-14-16-18-20-22-24-25-26-27-28-29-30-31-32-33-34-35-36-37-38-39-40-41-42-43-44-45-46-47-49-50-52-54-56-58-60-62-64-71(74)78-68-70(69-80-82(76,77)79-67-66-73(3,4)5)81-72(75)65-63-61-59-57-55-53-51-48-23-21-19-17-15-13-11-9-7-2/h15,17,21,23,70H,6-14,16,18-20,22,24-69H2,1-5H3/p+1/b17-15-,23-21-. The zero-order valence-electron chi connectivity index (χ0n) is 55.5. The molecule has 1 N–H and O–H groups in total. The molecule has 0 spiro atoms. The number of carbonyl (C=O) groups is 2. The van der Waals surface area contributed by atoms with Crippen LogP contribution < -0.4 is 0 Å². The van der Waals surface area contributed by atoms with Gasteiger partial charge < -0.3 is 18.9 Å². The molecule has 0 saturated carbocycles. The first-order valence-corrected chi connectivity index (χ1v) is 37.6. The second-order valence-corrected chi connectivity index (χ2v) is 27.4. The van der Waals surface area contributed by atoms with Crippen molar-refractivity contribution in [1.82, 2.24) is 0 Å². The first-order chi connectivity index (χ1) is 40.0. The lowest BCUT2D eigenvalue weighted by Gasteiger charge is -2.24. The van der Waals surface area contributed by atoms with Crippen molar-refractivity contribution < 1.29 is 42.1 Å². The van der Waals surface area contributed by atoms with Crippen molar-refractivity contribution in [3.05, 3.63) is 24.3 Å². The van der Waals surface area contributed by atoms with Gasteiger partial charge in [0.2, 0.25) is 0 Å². The zero-order valence-corrected chi connectivity index (χ0v) is 56.4. The molecule has 0 amide bonds. The van der Waals surface area contributed by atoms with E-state index in [0.29, 0.717) is 23.9 Å². The third-order valence-electron chi connectivity index (χ3n) is 16.5. The van der Waals surface area contributed by atoms with Crippen LogP contribution >= 0.6 is 7.82 Å². The molecule has 0 aromatic heterocycles. The maximum Gasteiger partial charge on any atom is 0.472 e. The van der Waals surface area contributed by atoms with Crippen molar-refractivity contribution in [1.29, 1.82) is 0 Å². The summed E-state index contributed by atoms with van der Waals surface area (Å²) in [4.78, 5) is 35.8. The lowest BCUT2D eigenvalue weighted by atomic mass is 10.0. The summed E-state index contributed by atoms with van der Waals surface area (Å²) in [5.41, 5.74) is 0. The summed E-state index contributed by atoms with van der Waals surface area (Å²) in [6.45, 7) is 4.46. The van der Waals surface area contributed by atoms with E-state index in [4.69, 9.17) is 18.5 Å². The average Bonchev–Trinajstić information content (AvgIpc) is 3.46. The van der Waals surface area contributed by atoms with Crippen LogP contribution in [0.25, 0.3) is 0 Å². The molecule has 9 nitrogen and oxygen atoms in total. The molecule has 0 aliphatic carbocycles. The number of quaternary nitrogens is 1. The number of esters is 2. The fourth-order valence-electron chi connectivity index (χ4n) is 10.9. The molecule has 0 rings (SSSR count). The fourth-order valence-corrected chi connectivity index (χ4v) is 11.7. The van der Waals surface area contributed by atoms with Gasteiger partial charge in [-0.3, -0.25) is 18.6 Å². The third kappa shape index (κ3) is 67.6. The van der Waals surface area contributed by atoms with E-state index in [0.717, 1.165) is 51.4 Å². The number of allylic oxidation sites excluding steroid dienone is 4. The van der Waals surface area contributed by atoms with E-state index in [1.807, 2.05) is 21.1 Å². The number of rotatable bonds is 68. The molecule has 2 atom stereocenters. The van der Waals surface area contributed by atoms with E-state index in [1.54, 1.807) is 0 Å². The summed E-state index contributed by atoms with van der Waals surface area (Å²) in [5.74, 6) is -0.788. The lowest BCUT2D eigenvalue weighted by molar-refractivity contribution is -0.870. The first kappa shape index (κ1) is 80.5. The largest absolute Gasteiger partial charge is 0.472 e. The van der Waals surface area contributed by atoms with Gasteiger partial charge in [-0.1, -0.05) is 340 Å². The van der Waals surface area contributed by atoms with Gasteiger partial charge in [-0.05, 0) is 44.9 Å². The Morgan fingerprint density at radius 3 is 0.988 bits per heavy atom. The van der Waals surface area contributed by atoms with Gasteiger partial charge in [0.15, 0.2) is 6.10 Å². The molecule has 0 heterocycles. The van der Waals surface area contributed by atoms with Crippen LogP contribution in [0.1, 0.15) is 373 Å². The number of phosphoric ester groups is 1. The normalized spacial score (nSPS) is 13.2. The number of hydrogen-bond donors (Lipinski definition) is 1. The highest BCUT2D eigenvalue weighted by molar-refractivity contribution is 7.47. The number of unbranched alkanes of at least 4 members (excludes halogenated alkanes) is 50. The smallest absolute Gasteiger partial charge is 0.462 e. The van der Waals surface area contributed by atoms with E-state index < -0.39 is 26.5 Å². The Kier molecular flexibility index (Phi) is 62.8. The van der Waals surface area contributed by atoms with Gasteiger partial charge in [-0.2, -0.15) is 0 Å². The Bertz CT molecular complexity index is 1430. The number of nitrogens with zero attached hydrogens (tertiary/aromatic N) is 1. The lowest BCUT2D eigenvalue weighted by Crippen LogP contribution is -2.37. The molecule has 0 aliphatic heterocycles. The summed E-state index contributed by atoms with van der Waals surface area (Å²) in [6, 6.07) is 0.